The van der Waals surface area contributed by atoms with E-state index in [1.54, 1.807) is 13.1 Å². The average Bonchev–Trinajstić information content (AvgIpc) is 2.04. The molecule has 2 heteroatoms. The number of halogens is 1. The zero-order valence-corrected chi connectivity index (χ0v) is 7.69. The van der Waals surface area contributed by atoms with Crippen molar-refractivity contribution < 1.29 is 4.39 Å². The van der Waals surface area contributed by atoms with Crippen molar-refractivity contribution in [3.63, 3.8) is 0 Å². The van der Waals surface area contributed by atoms with Gasteiger partial charge in [-0.2, -0.15) is 0 Å². The van der Waals surface area contributed by atoms with E-state index in [9.17, 15) is 4.39 Å². The first-order chi connectivity index (χ1) is 5.66. The van der Waals surface area contributed by atoms with Gasteiger partial charge in [-0.3, -0.25) is 0 Å². The fraction of sp³-hybridized carbons (Fsp3) is 0.400. The minimum atomic E-state index is -0.130. The van der Waals surface area contributed by atoms with Crippen LogP contribution in [0.3, 0.4) is 0 Å². The highest BCUT2D eigenvalue weighted by Gasteiger charge is 2.08. The lowest BCUT2D eigenvalue weighted by molar-refractivity contribution is 0.602. The maximum atomic E-state index is 13.5. The van der Waals surface area contributed by atoms with Crippen LogP contribution in [0.15, 0.2) is 18.2 Å². The Morgan fingerprint density at radius 1 is 1.33 bits per heavy atom. The van der Waals surface area contributed by atoms with E-state index in [2.05, 4.69) is 5.32 Å². The molecule has 0 bridgehead atoms. The largest absolute Gasteiger partial charge is 0.386 e. The molecule has 0 fully saturated rings. The summed E-state index contributed by atoms with van der Waals surface area (Å²) in [6.07, 6.45) is 0. The normalized spacial score (nSPS) is 10.4. The molecule has 0 aliphatic rings. The van der Waals surface area contributed by atoms with Gasteiger partial charge in [0.2, 0.25) is 0 Å². The molecule has 0 saturated heterocycles. The third-order valence-electron chi connectivity index (χ3n) is 1.92. The predicted octanol–water partition coefficient (Wildman–Crippen LogP) is 2.99. The average molecular weight is 167 g/mol. The van der Waals surface area contributed by atoms with Crippen LogP contribution in [0.2, 0.25) is 0 Å². The molecule has 0 aromatic heterocycles. The minimum absolute atomic E-state index is 0.130. The van der Waals surface area contributed by atoms with Crippen LogP contribution in [0.5, 0.6) is 0 Å². The molecular formula is C10H14FN. The monoisotopic (exact) mass is 167 g/mol. The summed E-state index contributed by atoms with van der Waals surface area (Å²) in [5.41, 5.74) is 1.34. The van der Waals surface area contributed by atoms with E-state index in [1.165, 1.54) is 0 Å². The van der Waals surface area contributed by atoms with Gasteiger partial charge in [0.05, 0.1) is 5.69 Å². The van der Waals surface area contributed by atoms with Crippen molar-refractivity contribution in [1.29, 1.82) is 0 Å². The van der Waals surface area contributed by atoms with E-state index in [0.29, 0.717) is 5.69 Å². The van der Waals surface area contributed by atoms with E-state index in [-0.39, 0.29) is 11.7 Å². The van der Waals surface area contributed by atoms with Gasteiger partial charge < -0.3 is 5.32 Å². The second-order valence-electron chi connectivity index (χ2n) is 3.11. The molecule has 0 saturated carbocycles. The van der Waals surface area contributed by atoms with Crippen molar-refractivity contribution in [2.75, 3.05) is 12.4 Å². The Labute approximate surface area is 72.6 Å². The van der Waals surface area contributed by atoms with Crippen LogP contribution in [0.25, 0.3) is 0 Å². The highest BCUT2D eigenvalue weighted by Crippen LogP contribution is 2.23. The van der Waals surface area contributed by atoms with Gasteiger partial charge in [0.15, 0.2) is 0 Å². The van der Waals surface area contributed by atoms with Crippen LogP contribution in [0.1, 0.15) is 25.3 Å². The highest BCUT2D eigenvalue weighted by molar-refractivity contribution is 5.47. The van der Waals surface area contributed by atoms with Gasteiger partial charge in [0.1, 0.15) is 5.82 Å². The Morgan fingerprint density at radius 3 is 2.50 bits per heavy atom. The lowest BCUT2D eigenvalue weighted by atomic mass is 10.0. The number of hydrogen-bond acceptors (Lipinski definition) is 1. The van der Waals surface area contributed by atoms with Crippen molar-refractivity contribution in [1.82, 2.24) is 0 Å². The number of hydrogen-bond donors (Lipinski definition) is 1. The smallest absolute Gasteiger partial charge is 0.149 e. The van der Waals surface area contributed by atoms with Crippen molar-refractivity contribution in [2.45, 2.75) is 19.8 Å². The molecule has 0 unspecified atom stereocenters. The fourth-order valence-electron chi connectivity index (χ4n) is 1.19. The molecule has 0 aliphatic heterocycles. The second kappa shape index (κ2) is 3.57. The molecule has 1 aromatic carbocycles. The molecule has 0 aliphatic carbocycles. The molecule has 1 nitrogen and oxygen atoms in total. The Bertz CT molecular complexity index is 269. The van der Waals surface area contributed by atoms with E-state index in [1.807, 2.05) is 26.0 Å². The van der Waals surface area contributed by atoms with E-state index in [0.717, 1.165) is 5.56 Å². The van der Waals surface area contributed by atoms with Gasteiger partial charge in [-0.25, -0.2) is 4.39 Å². The van der Waals surface area contributed by atoms with E-state index in [4.69, 9.17) is 0 Å². The lowest BCUT2D eigenvalue weighted by Crippen LogP contribution is -1.98. The molecule has 12 heavy (non-hydrogen) atoms. The number of anilines is 1. The van der Waals surface area contributed by atoms with Gasteiger partial charge in [0.25, 0.3) is 0 Å². The summed E-state index contributed by atoms with van der Waals surface area (Å²) in [5, 5.41) is 2.82. The lowest BCUT2D eigenvalue weighted by Gasteiger charge is -2.09. The summed E-state index contributed by atoms with van der Waals surface area (Å²) in [7, 11) is 1.72. The first-order valence-corrected chi connectivity index (χ1v) is 4.13. The van der Waals surface area contributed by atoms with Crippen LogP contribution in [-0.2, 0) is 0 Å². The van der Waals surface area contributed by atoms with Gasteiger partial charge >= 0.3 is 0 Å². The fourth-order valence-corrected chi connectivity index (χ4v) is 1.19. The molecule has 0 atom stereocenters. The first kappa shape index (κ1) is 9.04. The van der Waals surface area contributed by atoms with Crippen molar-refractivity contribution in [3.8, 4) is 0 Å². The SMILES string of the molecule is CNc1cccc(C(C)C)c1F. The Balaban J connectivity index is 3.14. The number of nitrogens with one attached hydrogen (secondary N) is 1. The van der Waals surface area contributed by atoms with Crippen LogP contribution in [-0.4, -0.2) is 7.05 Å². The third kappa shape index (κ3) is 1.58. The van der Waals surface area contributed by atoms with Gasteiger partial charge in [-0.05, 0) is 17.5 Å². The van der Waals surface area contributed by atoms with E-state index >= 15 is 0 Å². The molecule has 1 rings (SSSR count). The Kier molecular flexibility index (Phi) is 2.69. The predicted molar refractivity (Wildman–Crippen MR) is 50.0 cm³/mol. The van der Waals surface area contributed by atoms with Gasteiger partial charge in [0, 0.05) is 7.05 Å². The maximum absolute atomic E-state index is 13.5. The summed E-state index contributed by atoms with van der Waals surface area (Å²) in [6, 6.07) is 5.42. The van der Waals surface area contributed by atoms with Crippen LogP contribution in [0, 0.1) is 5.82 Å². The summed E-state index contributed by atoms with van der Waals surface area (Å²) in [6.45, 7) is 3.97. The topological polar surface area (TPSA) is 12.0 Å². The summed E-state index contributed by atoms with van der Waals surface area (Å²) in [5.74, 6) is 0.105. The van der Waals surface area contributed by atoms with Gasteiger partial charge in [-0.15, -0.1) is 0 Å². The molecule has 1 N–H and O–H groups in total. The first-order valence-electron chi connectivity index (χ1n) is 4.13. The minimum Gasteiger partial charge on any atom is -0.386 e. The summed E-state index contributed by atoms with van der Waals surface area (Å²) >= 11 is 0. The molecular weight excluding hydrogens is 153 g/mol. The Hall–Kier alpha value is -1.05. The van der Waals surface area contributed by atoms with Crippen LogP contribution in [0.4, 0.5) is 10.1 Å². The molecule has 0 radical (unpaired) electrons. The zero-order chi connectivity index (χ0) is 9.14. The maximum Gasteiger partial charge on any atom is 0.149 e. The molecule has 66 valence electrons. The third-order valence-corrected chi connectivity index (χ3v) is 1.92. The molecule has 1 aromatic rings. The van der Waals surface area contributed by atoms with Crippen molar-refractivity contribution in [2.24, 2.45) is 0 Å². The van der Waals surface area contributed by atoms with Crippen LogP contribution < -0.4 is 5.32 Å². The number of rotatable bonds is 2. The second-order valence-corrected chi connectivity index (χ2v) is 3.11. The summed E-state index contributed by atoms with van der Waals surface area (Å²) < 4.78 is 13.5. The van der Waals surface area contributed by atoms with Crippen LogP contribution >= 0.6 is 0 Å². The highest BCUT2D eigenvalue weighted by atomic mass is 19.1. The van der Waals surface area contributed by atoms with Crippen molar-refractivity contribution in [3.05, 3.63) is 29.6 Å². The Morgan fingerprint density at radius 2 is 2.00 bits per heavy atom. The molecule has 0 heterocycles. The quantitative estimate of drug-likeness (QED) is 0.714. The summed E-state index contributed by atoms with van der Waals surface area (Å²) in [4.78, 5) is 0. The van der Waals surface area contributed by atoms with Gasteiger partial charge in [-0.1, -0.05) is 26.0 Å². The molecule has 0 spiro atoms. The van der Waals surface area contributed by atoms with E-state index < -0.39 is 0 Å². The standard InChI is InChI=1S/C10H14FN/c1-7(2)8-5-4-6-9(12-3)10(8)11/h4-7,12H,1-3H3. The molecule has 0 amide bonds. The van der Waals surface area contributed by atoms with Crippen molar-refractivity contribution >= 4 is 5.69 Å². The number of benzene rings is 1. The zero-order valence-electron chi connectivity index (χ0n) is 7.69.